The van der Waals surface area contributed by atoms with Crippen molar-refractivity contribution in [1.82, 2.24) is 10.2 Å². The molecule has 1 fully saturated rings. The van der Waals surface area contributed by atoms with Crippen LogP contribution in [0.2, 0.25) is 0 Å². The van der Waals surface area contributed by atoms with Crippen LogP contribution in [0.15, 0.2) is 29.6 Å². The molecule has 2 aromatic heterocycles. The van der Waals surface area contributed by atoms with Gasteiger partial charge in [-0.25, -0.2) is 8.42 Å². The van der Waals surface area contributed by atoms with Gasteiger partial charge in [0, 0.05) is 18.0 Å². The van der Waals surface area contributed by atoms with Crippen molar-refractivity contribution in [2.75, 3.05) is 28.8 Å². The number of nitrogens with zero attached hydrogens (tertiary/aromatic N) is 3. The number of aromatic nitrogens is 2. The zero-order valence-electron chi connectivity index (χ0n) is 13.2. The summed E-state index contributed by atoms with van der Waals surface area (Å²) in [6, 6.07) is 7.14. The van der Waals surface area contributed by atoms with E-state index in [4.69, 9.17) is 0 Å². The van der Waals surface area contributed by atoms with E-state index >= 15 is 0 Å². The molecular weight excluding hydrogens is 348 g/mol. The average molecular weight is 366 g/mol. The third kappa shape index (κ3) is 4.09. The van der Waals surface area contributed by atoms with Crippen LogP contribution >= 0.6 is 11.3 Å². The van der Waals surface area contributed by atoms with Crippen LogP contribution in [0.3, 0.4) is 0 Å². The Balaban J connectivity index is 1.60. The monoisotopic (exact) mass is 366 g/mol. The van der Waals surface area contributed by atoms with Gasteiger partial charge < -0.3 is 10.2 Å². The Bertz CT molecular complexity index is 804. The molecule has 0 spiro atoms. The van der Waals surface area contributed by atoms with E-state index in [2.05, 4.69) is 15.5 Å². The molecule has 0 aliphatic carbocycles. The molecule has 1 aliphatic rings. The van der Waals surface area contributed by atoms with Crippen LogP contribution in [0.5, 0.6) is 0 Å². The zero-order valence-corrected chi connectivity index (χ0v) is 14.8. The lowest BCUT2D eigenvalue weighted by atomic mass is 10.2. The normalized spacial score (nSPS) is 19.1. The summed E-state index contributed by atoms with van der Waals surface area (Å²) < 4.78 is 23.1. The Morgan fingerprint density at radius 2 is 2.21 bits per heavy atom. The van der Waals surface area contributed by atoms with E-state index in [1.807, 2.05) is 29.5 Å². The Morgan fingerprint density at radius 1 is 1.38 bits per heavy atom. The van der Waals surface area contributed by atoms with Gasteiger partial charge in [-0.2, -0.15) is 0 Å². The minimum atomic E-state index is -2.94. The molecule has 1 aliphatic heterocycles. The van der Waals surface area contributed by atoms with E-state index in [1.54, 1.807) is 12.1 Å². The number of nitrogens with one attached hydrogen (secondary N) is 1. The van der Waals surface area contributed by atoms with Crippen LogP contribution in [0.25, 0.3) is 0 Å². The maximum Gasteiger partial charge on any atom is 0.230 e. The molecule has 7 nitrogen and oxygen atoms in total. The summed E-state index contributed by atoms with van der Waals surface area (Å²) >= 11 is 1.53. The van der Waals surface area contributed by atoms with Crippen molar-refractivity contribution in [3.63, 3.8) is 0 Å². The Hall–Kier alpha value is -2.00. The molecule has 128 valence electrons. The number of carbonyl (C=O) groups excluding carboxylic acids is 1. The van der Waals surface area contributed by atoms with Crippen LogP contribution in [-0.4, -0.2) is 49.1 Å². The fourth-order valence-electron chi connectivity index (χ4n) is 2.61. The molecule has 0 saturated carbocycles. The van der Waals surface area contributed by atoms with Crippen LogP contribution in [0, 0.1) is 0 Å². The highest BCUT2D eigenvalue weighted by Gasteiger charge is 2.31. The first-order chi connectivity index (χ1) is 11.4. The molecular formula is C15H18N4O3S2. The standard InChI is InChI=1S/C15H18N4O3S2/c1-19(11-6-8-24(21,22)10-11)14-5-4-13(17-18-14)16-15(20)9-12-3-2-7-23-12/h2-5,7,11H,6,8-10H2,1H3,(H,16,17,20). The van der Waals surface area contributed by atoms with Gasteiger partial charge in [-0.05, 0) is 30.0 Å². The van der Waals surface area contributed by atoms with Gasteiger partial charge in [0.25, 0.3) is 0 Å². The van der Waals surface area contributed by atoms with E-state index in [-0.39, 0.29) is 23.5 Å². The average Bonchev–Trinajstić information content (AvgIpc) is 3.16. The van der Waals surface area contributed by atoms with Crippen molar-refractivity contribution in [2.24, 2.45) is 0 Å². The highest BCUT2D eigenvalue weighted by atomic mass is 32.2. The minimum absolute atomic E-state index is 0.0800. The first kappa shape index (κ1) is 16.8. The lowest BCUT2D eigenvalue weighted by molar-refractivity contribution is -0.115. The fraction of sp³-hybridized carbons (Fsp3) is 0.400. The van der Waals surface area contributed by atoms with Crippen molar-refractivity contribution in [3.8, 4) is 0 Å². The lowest BCUT2D eigenvalue weighted by Gasteiger charge is -2.23. The number of anilines is 2. The maximum absolute atomic E-state index is 11.9. The number of carbonyl (C=O) groups is 1. The summed E-state index contributed by atoms with van der Waals surface area (Å²) in [7, 11) is -1.13. The Kier molecular flexibility index (Phi) is 4.81. The van der Waals surface area contributed by atoms with E-state index in [0.29, 0.717) is 24.5 Å². The van der Waals surface area contributed by atoms with E-state index < -0.39 is 9.84 Å². The van der Waals surface area contributed by atoms with Crippen molar-refractivity contribution in [1.29, 1.82) is 0 Å². The zero-order chi connectivity index (χ0) is 17.2. The van der Waals surface area contributed by atoms with Gasteiger partial charge in [-0.3, -0.25) is 4.79 Å². The maximum atomic E-state index is 11.9. The number of sulfone groups is 1. The largest absolute Gasteiger partial charge is 0.354 e. The third-order valence-electron chi connectivity index (χ3n) is 3.95. The van der Waals surface area contributed by atoms with Gasteiger partial charge in [-0.15, -0.1) is 21.5 Å². The molecule has 1 N–H and O–H groups in total. The Morgan fingerprint density at radius 3 is 2.79 bits per heavy atom. The second-order valence-electron chi connectivity index (χ2n) is 5.75. The van der Waals surface area contributed by atoms with Crippen LogP contribution in [0.1, 0.15) is 11.3 Å². The molecule has 9 heteroatoms. The topological polar surface area (TPSA) is 92.3 Å². The molecule has 3 rings (SSSR count). The molecule has 0 aromatic carbocycles. The minimum Gasteiger partial charge on any atom is -0.354 e. The number of thiophene rings is 1. The summed E-state index contributed by atoms with van der Waals surface area (Å²) in [5, 5.41) is 12.7. The first-order valence-electron chi connectivity index (χ1n) is 7.52. The number of hydrogen-bond donors (Lipinski definition) is 1. The smallest absolute Gasteiger partial charge is 0.230 e. The van der Waals surface area contributed by atoms with Crippen molar-refractivity contribution >= 4 is 38.7 Å². The SMILES string of the molecule is CN(c1ccc(NC(=O)Cc2cccs2)nn1)C1CCS(=O)(=O)C1. The summed E-state index contributed by atoms with van der Waals surface area (Å²) in [6.45, 7) is 0. The molecule has 0 radical (unpaired) electrons. The van der Waals surface area contributed by atoms with E-state index in [0.717, 1.165) is 4.88 Å². The summed E-state index contributed by atoms with van der Waals surface area (Å²) in [6.07, 6.45) is 0.904. The Labute approximate surface area is 144 Å². The van der Waals surface area contributed by atoms with Gasteiger partial charge in [0.2, 0.25) is 5.91 Å². The molecule has 1 saturated heterocycles. The quantitative estimate of drug-likeness (QED) is 0.859. The van der Waals surface area contributed by atoms with Gasteiger partial charge in [0.05, 0.1) is 17.9 Å². The predicted octanol–water partition coefficient (Wildman–Crippen LogP) is 1.34. The van der Waals surface area contributed by atoms with Crippen molar-refractivity contribution < 1.29 is 13.2 Å². The summed E-state index contributed by atoms with van der Waals surface area (Å²) in [4.78, 5) is 14.7. The van der Waals surface area contributed by atoms with Crippen LogP contribution in [-0.2, 0) is 21.1 Å². The fourth-order valence-corrected chi connectivity index (χ4v) is 5.08. The molecule has 24 heavy (non-hydrogen) atoms. The molecule has 2 aromatic rings. The molecule has 1 amide bonds. The van der Waals surface area contributed by atoms with Gasteiger partial charge in [-0.1, -0.05) is 6.07 Å². The summed E-state index contributed by atoms with van der Waals surface area (Å²) in [5.74, 6) is 1.19. The highest BCUT2D eigenvalue weighted by molar-refractivity contribution is 7.91. The molecule has 1 unspecified atom stereocenters. The van der Waals surface area contributed by atoms with Crippen LogP contribution < -0.4 is 10.2 Å². The predicted molar refractivity (Wildman–Crippen MR) is 94.1 cm³/mol. The number of rotatable bonds is 5. The molecule has 3 heterocycles. The molecule has 0 bridgehead atoms. The second kappa shape index (κ2) is 6.86. The molecule has 1 atom stereocenters. The number of hydrogen-bond acceptors (Lipinski definition) is 7. The van der Waals surface area contributed by atoms with Crippen molar-refractivity contribution in [2.45, 2.75) is 18.9 Å². The van der Waals surface area contributed by atoms with E-state index in [1.165, 1.54) is 11.3 Å². The van der Waals surface area contributed by atoms with Crippen molar-refractivity contribution in [3.05, 3.63) is 34.5 Å². The lowest BCUT2D eigenvalue weighted by Crippen LogP contribution is -2.33. The highest BCUT2D eigenvalue weighted by Crippen LogP contribution is 2.21. The van der Waals surface area contributed by atoms with Gasteiger partial charge >= 0.3 is 0 Å². The number of amides is 1. The van der Waals surface area contributed by atoms with Crippen LogP contribution in [0.4, 0.5) is 11.6 Å². The second-order valence-corrected chi connectivity index (χ2v) is 9.01. The van der Waals surface area contributed by atoms with Gasteiger partial charge in [0.15, 0.2) is 21.5 Å². The first-order valence-corrected chi connectivity index (χ1v) is 10.2. The third-order valence-corrected chi connectivity index (χ3v) is 6.58. The van der Waals surface area contributed by atoms with E-state index in [9.17, 15) is 13.2 Å². The van der Waals surface area contributed by atoms with Gasteiger partial charge in [0.1, 0.15) is 0 Å². The summed E-state index contributed by atoms with van der Waals surface area (Å²) in [5.41, 5.74) is 0.